The fourth-order valence-corrected chi connectivity index (χ4v) is 3.80. The molecule has 2 aliphatic heterocycles. The monoisotopic (exact) mass is 408 g/mol. The lowest BCUT2D eigenvalue weighted by Crippen LogP contribution is -2.44. The molecule has 2 saturated heterocycles. The van der Waals surface area contributed by atoms with Crippen LogP contribution in [0.5, 0.6) is 0 Å². The van der Waals surface area contributed by atoms with Crippen LogP contribution in [0.25, 0.3) is 0 Å². The Hall–Kier alpha value is -1.90. The number of halogens is 1. The summed E-state index contributed by atoms with van der Waals surface area (Å²) in [4.78, 5) is 6.63. The zero-order valence-corrected chi connectivity index (χ0v) is 17.3. The minimum Gasteiger partial charge on any atom is -0.396 e. The van der Waals surface area contributed by atoms with Gasteiger partial charge in [0.15, 0.2) is 5.96 Å². The Kier molecular flexibility index (Phi) is 8.09. The maximum Gasteiger partial charge on any atom is 0.191 e. The van der Waals surface area contributed by atoms with Crippen LogP contribution in [0, 0.1) is 11.2 Å². The highest BCUT2D eigenvalue weighted by Gasteiger charge is 2.34. The second kappa shape index (κ2) is 10.8. The first-order valence-corrected chi connectivity index (χ1v) is 10.5. The second-order valence-corrected chi connectivity index (χ2v) is 7.71. The summed E-state index contributed by atoms with van der Waals surface area (Å²) in [5, 5.41) is 16.0. The number of anilines is 1. The molecule has 0 amide bonds. The van der Waals surface area contributed by atoms with Crippen molar-refractivity contribution in [3.05, 3.63) is 29.6 Å². The highest BCUT2D eigenvalue weighted by atomic mass is 19.1. The SMILES string of the molecule is CCNC(=NCc1ccc(N2CCOCC2)c(F)c1)NCC1(CCO)CCOC1. The van der Waals surface area contributed by atoms with Crippen molar-refractivity contribution in [3.8, 4) is 0 Å². The zero-order chi connectivity index (χ0) is 20.5. The van der Waals surface area contributed by atoms with Crippen LogP contribution in [-0.4, -0.2) is 70.3 Å². The molecule has 3 N–H and O–H groups in total. The summed E-state index contributed by atoms with van der Waals surface area (Å²) in [6.45, 7) is 8.02. The van der Waals surface area contributed by atoms with Gasteiger partial charge in [-0.1, -0.05) is 6.07 Å². The van der Waals surface area contributed by atoms with Gasteiger partial charge < -0.3 is 30.1 Å². The third kappa shape index (κ3) is 6.04. The van der Waals surface area contributed by atoms with Gasteiger partial charge in [0, 0.05) is 44.8 Å². The molecule has 0 radical (unpaired) electrons. The summed E-state index contributed by atoms with van der Waals surface area (Å²) in [7, 11) is 0. The fraction of sp³-hybridized carbons (Fsp3) is 0.667. The van der Waals surface area contributed by atoms with Crippen LogP contribution in [0.15, 0.2) is 23.2 Å². The van der Waals surface area contributed by atoms with Gasteiger partial charge in [-0.25, -0.2) is 9.38 Å². The molecule has 0 bridgehead atoms. The van der Waals surface area contributed by atoms with E-state index in [0.29, 0.717) is 64.1 Å². The van der Waals surface area contributed by atoms with Crippen molar-refractivity contribution in [3.63, 3.8) is 0 Å². The van der Waals surface area contributed by atoms with E-state index >= 15 is 0 Å². The molecule has 0 spiro atoms. The van der Waals surface area contributed by atoms with Crippen LogP contribution in [0.4, 0.5) is 10.1 Å². The van der Waals surface area contributed by atoms with Crippen LogP contribution in [0.2, 0.25) is 0 Å². The van der Waals surface area contributed by atoms with Gasteiger partial charge in [-0.2, -0.15) is 0 Å². The zero-order valence-electron chi connectivity index (χ0n) is 17.3. The van der Waals surface area contributed by atoms with E-state index in [9.17, 15) is 9.50 Å². The summed E-state index contributed by atoms with van der Waals surface area (Å²) in [6, 6.07) is 5.33. The summed E-state index contributed by atoms with van der Waals surface area (Å²) >= 11 is 0. The van der Waals surface area contributed by atoms with E-state index < -0.39 is 0 Å². The molecule has 162 valence electrons. The third-order valence-electron chi connectivity index (χ3n) is 5.59. The number of benzene rings is 1. The van der Waals surface area contributed by atoms with Crippen LogP contribution in [0.3, 0.4) is 0 Å². The molecule has 2 fully saturated rings. The molecular formula is C21H33FN4O3. The van der Waals surface area contributed by atoms with Gasteiger partial charge in [0.25, 0.3) is 0 Å². The van der Waals surface area contributed by atoms with Crippen molar-refractivity contribution in [1.82, 2.24) is 10.6 Å². The van der Waals surface area contributed by atoms with Crippen LogP contribution < -0.4 is 15.5 Å². The van der Waals surface area contributed by atoms with Crippen LogP contribution in [0.1, 0.15) is 25.3 Å². The average Bonchev–Trinajstić information content (AvgIpc) is 3.20. The minimum absolute atomic E-state index is 0.0587. The topological polar surface area (TPSA) is 78.4 Å². The average molecular weight is 409 g/mol. The molecule has 1 aromatic rings. The van der Waals surface area contributed by atoms with Crippen LogP contribution in [-0.2, 0) is 16.0 Å². The Morgan fingerprint density at radius 3 is 2.72 bits per heavy atom. The number of aliphatic imine (C=N–C) groups is 1. The third-order valence-corrected chi connectivity index (χ3v) is 5.59. The van der Waals surface area contributed by atoms with Crippen molar-refractivity contribution in [2.45, 2.75) is 26.3 Å². The van der Waals surface area contributed by atoms with Crippen LogP contribution >= 0.6 is 0 Å². The molecule has 2 heterocycles. The molecule has 1 unspecified atom stereocenters. The summed E-state index contributed by atoms with van der Waals surface area (Å²) in [5.74, 6) is 0.469. The highest BCUT2D eigenvalue weighted by Crippen LogP contribution is 2.31. The molecule has 1 atom stereocenters. The molecule has 0 aliphatic carbocycles. The summed E-state index contributed by atoms with van der Waals surface area (Å²) in [5.41, 5.74) is 1.39. The second-order valence-electron chi connectivity index (χ2n) is 7.71. The summed E-state index contributed by atoms with van der Waals surface area (Å²) in [6.07, 6.45) is 1.63. The quantitative estimate of drug-likeness (QED) is 0.447. The molecular weight excluding hydrogens is 375 g/mol. The molecule has 1 aromatic carbocycles. The predicted molar refractivity (Wildman–Crippen MR) is 112 cm³/mol. The highest BCUT2D eigenvalue weighted by molar-refractivity contribution is 5.79. The van der Waals surface area contributed by atoms with Crippen molar-refractivity contribution in [1.29, 1.82) is 0 Å². The largest absolute Gasteiger partial charge is 0.396 e. The van der Waals surface area contributed by atoms with E-state index in [1.165, 1.54) is 0 Å². The van der Waals surface area contributed by atoms with Gasteiger partial charge in [0.05, 0.1) is 32.1 Å². The number of hydrogen-bond acceptors (Lipinski definition) is 5. The van der Waals surface area contributed by atoms with Crippen molar-refractivity contribution in [2.75, 3.05) is 64.1 Å². The first-order chi connectivity index (χ1) is 14.2. The molecule has 3 rings (SSSR count). The van der Waals surface area contributed by atoms with Crippen molar-refractivity contribution >= 4 is 11.6 Å². The smallest absolute Gasteiger partial charge is 0.191 e. The van der Waals surface area contributed by atoms with Crippen molar-refractivity contribution < 1.29 is 19.0 Å². The maximum absolute atomic E-state index is 14.6. The lowest BCUT2D eigenvalue weighted by Gasteiger charge is -2.29. The fourth-order valence-electron chi connectivity index (χ4n) is 3.80. The summed E-state index contributed by atoms with van der Waals surface area (Å²) < 4.78 is 25.5. The number of ether oxygens (including phenoxy) is 2. The van der Waals surface area contributed by atoms with Gasteiger partial charge in [-0.15, -0.1) is 0 Å². The lowest BCUT2D eigenvalue weighted by molar-refractivity contribution is 0.122. The molecule has 0 saturated carbocycles. The Bertz CT molecular complexity index is 674. The van der Waals surface area contributed by atoms with Gasteiger partial charge >= 0.3 is 0 Å². The molecule has 8 heteroatoms. The number of nitrogens with zero attached hydrogens (tertiary/aromatic N) is 2. The van der Waals surface area contributed by atoms with Gasteiger partial charge in [0.2, 0.25) is 0 Å². The van der Waals surface area contributed by atoms with E-state index in [2.05, 4.69) is 15.6 Å². The number of morpholine rings is 1. The van der Waals surface area contributed by atoms with Gasteiger partial charge in [0.1, 0.15) is 5.82 Å². The van der Waals surface area contributed by atoms with E-state index in [1.807, 2.05) is 24.0 Å². The Balaban J connectivity index is 1.61. The first-order valence-electron chi connectivity index (χ1n) is 10.5. The maximum atomic E-state index is 14.6. The molecule has 2 aliphatic rings. The number of aliphatic hydroxyl groups excluding tert-OH is 1. The van der Waals surface area contributed by atoms with E-state index in [0.717, 1.165) is 25.1 Å². The number of nitrogens with one attached hydrogen (secondary N) is 2. The number of hydrogen-bond donors (Lipinski definition) is 3. The standard InChI is InChI=1S/C21H33FN4O3/c1-2-23-20(25-15-21(5-9-27)6-10-29-16-21)24-14-17-3-4-19(18(22)13-17)26-7-11-28-12-8-26/h3-4,13,27H,2,5-12,14-16H2,1H3,(H2,23,24,25). The van der Waals surface area contributed by atoms with E-state index in [1.54, 1.807) is 6.07 Å². The predicted octanol–water partition coefficient (Wildman–Crippen LogP) is 1.51. The number of guanidine groups is 1. The van der Waals surface area contributed by atoms with E-state index in [4.69, 9.17) is 9.47 Å². The Morgan fingerprint density at radius 2 is 2.07 bits per heavy atom. The van der Waals surface area contributed by atoms with E-state index in [-0.39, 0.29) is 17.8 Å². The molecule has 0 aromatic heterocycles. The Labute approximate surface area is 172 Å². The number of rotatable bonds is 8. The molecule has 7 nitrogen and oxygen atoms in total. The number of aliphatic hydroxyl groups is 1. The normalized spacial score (nSPS) is 22.7. The van der Waals surface area contributed by atoms with Gasteiger partial charge in [-0.3, -0.25) is 0 Å². The lowest BCUT2D eigenvalue weighted by atomic mass is 9.84. The first kappa shape index (κ1) is 21.8. The minimum atomic E-state index is -0.220. The van der Waals surface area contributed by atoms with Gasteiger partial charge in [-0.05, 0) is 37.5 Å². The van der Waals surface area contributed by atoms with Crippen molar-refractivity contribution in [2.24, 2.45) is 10.4 Å². The Morgan fingerprint density at radius 1 is 1.24 bits per heavy atom. The molecule has 29 heavy (non-hydrogen) atoms.